The summed E-state index contributed by atoms with van der Waals surface area (Å²) < 4.78 is 13.1. The van der Waals surface area contributed by atoms with Gasteiger partial charge in [-0.25, -0.2) is 4.98 Å². The number of hydrogen-bond acceptors (Lipinski definition) is 4. The van der Waals surface area contributed by atoms with Gasteiger partial charge in [0, 0.05) is 39.2 Å². The minimum absolute atomic E-state index is 0.579. The van der Waals surface area contributed by atoms with Crippen LogP contribution in [0.25, 0.3) is 87.9 Å². The molecule has 4 heteroatoms. The highest BCUT2D eigenvalue weighted by Crippen LogP contribution is 2.44. The molecule has 0 saturated heterocycles. The van der Waals surface area contributed by atoms with Crippen molar-refractivity contribution in [2.24, 2.45) is 0 Å². The summed E-state index contributed by atoms with van der Waals surface area (Å²) in [6.07, 6.45) is 0. The van der Waals surface area contributed by atoms with E-state index in [2.05, 4.69) is 163 Å². The summed E-state index contributed by atoms with van der Waals surface area (Å²) in [5.74, 6) is 0.579. The average molecular weight is 679 g/mol. The molecule has 53 heavy (non-hydrogen) atoms. The van der Waals surface area contributed by atoms with E-state index in [1.165, 1.54) is 27.1 Å². The minimum Gasteiger partial charge on any atom is -0.456 e. The highest BCUT2D eigenvalue weighted by Gasteiger charge is 2.21. The van der Waals surface area contributed by atoms with Crippen LogP contribution in [0.1, 0.15) is 0 Å². The molecule has 9 aromatic carbocycles. The van der Waals surface area contributed by atoms with Crippen LogP contribution in [0.5, 0.6) is 0 Å². The Morgan fingerprint density at radius 1 is 0.396 bits per heavy atom. The lowest BCUT2D eigenvalue weighted by Gasteiger charge is -2.27. The van der Waals surface area contributed by atoms with Crippen molar-refractivity contribution < 1.29 is 8.83 Å². The van der Waals surface area contributed by atoms with Gasteiger partial charge in [-0.05, 0) is 98.7 Å². The second kappa shape index (κ2) is 11.7. The van der Waals surface area contributed by atoms with E-state index < -0.39 is 0 Å². The number of anilines is 3. The standard InChI is InChI=1S/C49H30N2O2/c1-2-12-33-26-37(23-22-31(33)10-1)34-16-7-17-38(27-34)51(44-20-8-15-32-11-5-6-18-40(32)44)39-24-25-41-46(30-39)52-45-21-9-19-42(48(41)45)49-50-43-28-35-13-3-4-14-36(35)29-47(43)53-49/h1-30H. The molecule has 0 unspecified atom stereocenters. The first-order valence-corrected chi connectivity index (χ1v) is 17.9. The number of benzene rings is 9. The minimum atomic E-state index is 0.579. The molecule has 2 aromatic heterocycles. The van der Waals surface area contributed by atoms with Gasteiger partial charge in [0.15, 0.2) is 5.58 Å². The Morgan fingerprint density at radius 2 is 1.09 bits per heavy atom. The smallest absolute Gasteiger partial charge is 0.228 e. The van der Waals surface area contributed by atoms with E-state index in [1.54, 1.807) is 0 Å². The maximum atomic E-state index is 6.64. The summed E-state index contributed by atoms with van der Waals surface area (Å²) in [5, 5.41) is 9.07. The molecule has 0 aliphatic rings. The summed E-state index contributed by atoms with van der Waals surface area (Å²) in [4.78, 5) is 7.30. The third kappa shape index (κ3) is 4.88. The molecule has 0 atom stereocenters. The Hall–Kier alpha value is -7.17. The summed E-state index contributed by atoms with van der Waals surface area (Å²) in [6, 6.07) is 64.1. The molecule has 0 spiro atoms. The molecule has 0 aliphatic heterocycles. The van der Waals surface area contributed by atoms with E-state index in [0.29, 0.717) is 5.89 Å². The Kier molecular flexibility index (Phi) is 6.52. The van der Waals surface area contributed by atoms with Gasteiger partial charge in [-0.2, -0.15) is 0 Å². The van der Waals surface area contributed by atoms with E-state index in [-0.39, 0.29) is 0 Å². The van der Waals surface area contributed by atoms with Gasteiger partial charge in [-0.15, -0.1) is 0 Å². The van der Waals surface area contributed by atoms with Crippen LogP contribution in [0, 0.1) is 0 Å². The largest absolute Gasteiger partial charge is 0.456 e. The lowest BCUT2D eigenvalue weighted by molar-refractivity contribution is 0.620. The molecular weight excluding hydrogens is 649 g/mol. The lowest BCUT2D eigenvalue weighted by atomic mass is 10.00. The molecule has 4 nitrogen and oxygen atoms in total. The second-order valence-corrected chi connectivity index (χ2v) is 13.6. The van der Waals surface area contributed by atoms with Crippen molar-refractivity contribution in [2.75, 3.05) is 4.90 Å². The lowest BCUT2D eigenvalue weighted by Crippen LogP contribution is -2.10. The van der Waals surface area contributed by atoms with Crippen LogP contribution in [0.3, 0.4) is 0 Å². The maximum absolute atomic E-state index is 6.64. The number of fused-ring (bicyclic) bond motifs is 7. The third-order valence-corrected chi connectivity index (χ3v) is 10.4. The normalized spacial score (nSPS) is 11.8. The topological polar surface area (TPSA) is 42.4 Å². The zero-order valence-electron chi connectivity index (χ0n) is 28.5. The predicted octanol–water partition coefficient (Wildman–Crippen LogP) is 14.0. The van der Waals surface area contributed by atoms with Crippen LogP contribution in [0.2, 0.25) is 0 Å². The molecule has 0 saturated carbocycles. The van der Waals surface area contributed by atoms with Gasteiger partial charge in [0.05, 0.1) is 5.69 Å². The van der Waals surface area contributed by atoms with Crippen molar-refractivity contribution in [3.05, 3.63) is 182 Å². The third-order valence-electron chi connectivity index (χ3n) is 10.4. The first kappa shape index (κ1) is 29.5. The fourth-order valence-electron chi connectivity index (χ4n) is 7.88. The Labute approximate surface area is 304 Å². The number of oxazole rings is 1. The predicted molar refractivity (Wildman–Crippen MR) is 219 cm³/mol. The van der Waals surface area contributed by atoms with Gasteiger partial charge >= 0.3 is 0 Å². The van der Waals surface area contributed by atoms with Crippen LogP contribution in [-0.4, -0.2) is 4.98 Å². The summed E-state index contributed by atoms with van der Waals surface area (Å²) in [5.41, 5.74) is 9.57. The highest BCUT2D eigenvalue weighted by molar-refractivity contribution is 6.13. The summed E-state index contributed by atoms with van der Waals surface area (Å²) in [6.45, 7) is 0. The zero-order valence-corrected chi connectivity index (χ0v) is 28.5. The van der Waals surface area contributed by atoms with Crippen molar-refractivity contribution in [3.63, 3.8) is 0 Å². The molecule has 0 radical (unpaired) electrons. The molecule has 248 valence electrons. The van der Waals surface area contributed by atoms with E-state index in [4.69, 9.17) is 13.8 Å². The molecule has 0 N–H and O–H groups in total. The number of nitrogens with zero attached hydrogens (tertiary/aromatic N) is 2. The second-order valence-electron chi connectivity index (χ2n) is 13.6. The Bertz CT molecular complexity index is 3150. The van der Waals surface area contributed by atoms with Crippen molar-refractivity contribution in [1.82, 2.24) is 4.98 Å². The van der Waals surface area contributed by atoms with Gasteiger partial charge in [-0.1, -0.05) is 115 Å². The van der Waals surface area contributed by atoms with Crippen molar-refractivity contribution in [3.8, 4) is 22.6 Å². The number of rotatable bonds is 5. The molecule has 11 rings (SSSR count). The molecule has 0 bridgehead atoms. The highest BCUT2D eigenvalue weighted by atomic mass is 16.3. The number of furan rings is 1. The van der Waals surface area contributed by atoms with Crippen LogP contribution >= 0.6 is 0 Å². The van der Waals surface area contributed by atoms with Crippen molar-refractivity contribution >= 4 is 82.4 Å². The van der Waals surface area contributed by atoms with E-state index >= 15 is 0 Å². The first-order chi connectivity index (χ1) is 26.2. The fraction of sp³-hybridized carbons (Fsp3) is 0. The van der Waals surface area contributed by atoms with Crippen LogP contribution in [0.4, 0.5) is 17.1 Å². The average Bonchev–Trinajstić information content (AvgIpc) is 3.81. The molecular formula is C49H30N2O2. The van der Waals surface area contributed by atoms with Crippen LogP contribution in [0.15, 0.2) is 191 Å². The van der Waals surface area contributed by atoms with E-state index in [1.807, 2.05) is 24.3 Å². The van der Waals surface area contributed by atoms with Gasteiger partial charge in [-0.3, -0.25) is 0 Å². The molecule has 0 amide bonds. The van der Waals surface area contributed by atoms with E-state index in [0.717, 1.165) is 72.0 Å². The quantitative estimate of drug-likeness (QED) is 0.182. The molecule has 11 aromatic rings. The molecule has 0 fully saturated rings. The van der Waals surface area contributed by atoms with Crippen LogP contribution in [-0.2, 0) is 0 Å². The van der Waals surface area contributed by atoms with Crippen LogP contribution < -0.4 is 4.90 Å². The SMILES string of the molecule is c1cc(-c2ccc3ccccc3c2)cc(N(c2ccc3c(c2)oc2cccc(-c4nc5cc6ccccc6cc5o4)c23)c2cccc3ccccc23)c1. The monoisotopic (exact) mass is 678 g/mol. The van der Waals surface area contributed by atoms with Gasteiger partial charge < -0.3 is 13.7 Å². The number of aromatic nitrogens is 1. The van der Waals surface area contributed by atoms with E-state index in [9.17, 15) is 0 Å². The summed E-state index contributed by atoms with van der Waals surface area (Å²) >= 11 is 0. The molecule has 0 aliphatic carbocycles. The zero-order chi connectivity index (χ0) is 34.9. The molecule has 2 heterocycles. The fourth-order valence-corrected chi connectivity index (χ4v) is 7.88. The van der Waals surface area contributed by atoms with Gasteiger partial charge in [0.25, 0.3) is 0 Å². The number of hydrogen-bond donors (Lipinski definition) is 0. The Balaban J connectivity index is 1.08. The van der Waals surface area contributed by atoms with Gasteiger partial charge in [0.2, 0.25) is 5.89 Å². The van der Waals surface area contributed by atoms with Crippen molar-refractivity contribution in [1.29, 1.82) is 0 Å². The van der Waals surface area contributed by atoms with Gasteiger partial charge in [0.1, 0.15) is 16.7 Å². The maximum Gasteiger partial charge on any atom is 0.228 e. The Morgan fingerprint density at radius 3 is 1.98 bits per heavy atom. The first-order valence-electron chi connectivity index (χ1n) is 17.9. The summed E-state index contributed by atoms with van der Waals surface area (Å²) in [7, 11) is 0. The van der Waals surface area contributed by atoms with Crippen molar-refractivity contribution in [2.45, 2.75) is 0 Å².